The molecule has 1 aliphatic heterocycles. The zero-order valence-electron chi connectivity index (χ0n) is 8.08. The van der Waals surface area contributed by atoms with Gasteiger partial charge in [0.15, 0.2) is 0 Å². The molecule has 0 aromatic heterocycles. The van der Waals surface area contributed by atoms with Crippen molar-refractivity contribution in [2.45, 2.75) is 20.3 Å². The molecule has 0 saturated carbocycles. The quantitative estimate of drug-likeness (QED) is 0.660. The van der Waals surface area contributed by atoms with Gasteiger partial charge in [-0.2, -0.15) is 0 Å². The van der Waals surface area contributed by atoms with Crippen LogP contribution in [0.3, 0.4) is 0 Å². The van der Waals surface area contributed by atoms with Crippen molar-refractivity contribution in [1.82, 2.24) is 4.90 Å². The Morgan fingerprint density at radius 3 is 3.00 bits per heavy atom. The number of carbonyl (C=O) groups is 2. The largest absolute Gasteiger partial charge is 0.449 e. The summed E-state index contributed by atoms with van der Waals surface area (Å²) in [6, 6.07) is 0. The Morgan fingerprint density at radius 2 is 2.38 bits per heavy atom. The molecule has 1 saturated heterocycles. The highest BCUT2D eigenvalue weighted by molar-refractivity contribution is 5.76. The minimum Gasteiger partial charge on any atom is -0.449 e. The van der Waals surface area contributed by atoms with Gasteiger partial charge >= 0.3 is 6.09 Å². The lowest BCUT2D eigenvalue weighted by atomic mass is 10.1. The molecule has 4 nitrogen and oxygen atoms in total. The van der Waals surface area contributed by atoms with Gasteiger partial charge < -0.3 is 9.64 Å². The summed E-state index contributed by atoms with van der Waals surface area (Å²) in [4.78, 5) is 23.4. The highest BCUT2D eigenvalue weighted by atomic mass is 16.6. The summed E-state index contributed by atoms with van der Waals surface area (Å²) in [5.41, 5.74) is 0. The van der Waals surface area contributed by atoms with Crippen LogP contribution in [0.15, 0.2) is 0 Å². The van der Waals surface area contributed by atoms with E-state index in [9.17, 15) is 9.59 Å². The molecule has 0 N–H and O–H groups in total. The topological polar surface area (TPSA) is 46.6 Å². The number of amides is 1. The Balaban J connectivity index is 2.37. The Kier molecular flexibility index (Phi) is 3.28. The summed E-state index contributed by atoms with van der Waals surface area (Å²) >= 11 is 0. The molecule has 1 unspecified atom stereocenters. The number of Topliss-reactive ketones (excluding diaryl/α,β-unsaturated/α-hetero) is 1. The highest BCUT2D eigenvalue weighted by Gasteiger charge is 2.23. The maximum atomic E-state index is 11.1. The van der Waals surface area contributed by atoms with Crippen molar-refractivity contribution in [1.29, 1.82) is 0 Å². The standard InChI is InChI=1S/C9H15NO3/c1-7-5-10(4-3-8(2)11)9(12)13-6-7/h7H,3-6H2,1-2H3. The average Bonchev–Trinajstić information content (AvgIpc) is 2.06. The number of hydrogen-bond donors (Lipinski definition) is 0. The third-order valence-electron chi connectivity index (χ3n) is 2.02. The average molecular weight is 185 g/mol. The van der Waals surface area contributed by atoms with E-state index >= 15 is 0 Å². The van der Waals surface area contributed by atoms with Crippen molar-refractivity contribution >= 4 is 11.9 Å². The lowest BCUT2D eigenvalue weighted by molar-refractivity contribution is -0.117. The van der Waals surface area contributed by atoms with Crippen LogP contribution in [0.2, 0.25) is 0 Å². The van der Waals surface area contributed by atoms with Crippen LogP contribution in [0.1, 0.15) is 20.3 Å². The van der Waals surface area contributed by atoms with Crippen molar-refractivity contribution in [2.75, 3.05) is 19.7 Å². The van der Waals surface area contributed by atoms with Crippen LogP contribution in [0.5, 0.6) is 0 Å². The molecule has 0 aromatic carbocycles. The van der Waals surface area contributed by atoms with Gasteiger partial charge in [0.05, 0.1) is 6.61 Å². The smallest absolute Gasteiger partial charge is 0.409 e. The number of cyclic esters (lactones) is 1. The van der Waals surface area contributed by atoms with E-state index in [-0.39, 0.29) is 11.9 Å². The van der Waals surface area contributed by atoms with E-state index in [0.29, 0.717) is 32.0 Å². The van der Waals surface area contributed by atoms with Crippen LogP contribution in [0.25, 0.3) is 0 Å². The summed E-state index contributed by atoms with van der Waals surface area (Å²) in [5.74, 6) is 0.468. The summed E-state index contributed by atoms with van der Waals surface area (Å²) in [5, 5.41) is 0. The molecule has 1 aliphatic rings. The molecule has 74 valence electrons. The Morgan fingerprint density at radius 1 is 1.69 bits per heavy atom. The predicted octanol–water partition coefficient (Wildman–Crippen LogP) is 1.05. The van der Waals surface area contributed by atoms with Gasteiger partial charge in [-0.05, 0) is 6.92 Å². The van der Waals surface area contributed by atoms with Crippen LogP contribution in [-0.2, 0) is 9.53 Å². The first-order valence-corrected chi connectivity index (χ1v) is 4.50. The summed E-state index contributed by atoms with van der Waals surface area (Å²) in [6.07, 6.45) is 0.126. The third-order valence-corrected chi connectivity index (χ3v) is 2.02. The summed E-state index contributed by atoms with van der Waals surface area (Å²) in [7, 11) is 0. The van der Waals surface area contributed by atoms with Crippen LogP contribution < -0.4 is 0 Å². The highest BCUT2D eigenvalue weighted by Crippen LogP contribution is 2.10. The van der Waals surface area contributed by atoms with E-state index in [1.165, 1.54) is 6.92 Å². The maximum absolute atomic E-state index is 11.1. The van der Waals surface area contributed by atoms with E-state index in [2.05, 4.69) is 0 Å². The van der Waals surface area contributed by atoms with Gasteiger partial charge in [-0.3, -0.25) is 4.79 Å². The number of ketones is 1. The molecule has 13 heavy (non-hydrogen) atoms. The first-order valence-electron chi connectivity index (χ1n) is 4.50. The van der Waals surface area contributed by atoms with Gasteiger partial charge in [-0.15, -0.1) is 0 Å². The van der Waals surface area contributed by atoms with Crippen molar-refractivity contribution in [3.05, 3.63) is 0 Å². The lowest BCUT2D eigenvalue weighted by Crippen LogP contribution is -2.42. The van der Waals surface area contributed by atoms with E-state index in [1.54, 1.807) is 4.90 Å². The van der Waals surface area contributed by atoms with Gasteiger partial charge in [0, 0.05) is 25.4 Å². The van der Waals surface area contributed by atoms with Crippen molar-refractivity contribution in [3.63, 3.8) is 0 Å². The molecule has 4 heteroatoms. The predicted molar refractivity (Wildman–Crippen MR) is 47.4 cm³/mol. The Hall–Kier alpha value is -1.06. The zero-order valence-corrected chi connectivity index (χ0v) is 8.08. The van der Waals surface area contributed by atoms with E-state index < -0.39 is 0 Å². The van der Waals surface area contributed by atoms with Crippen molar-refractivity contribution in [2.24, 2.45) is 5.92 Å². The number of rotatable bonds is 3. The van der Waals surface area contributed by atoms with Gasteiger partial charge in [0.1, 0.15) is 5.78 Å². The van der Waals surface area contributed by atoms with Crippen molar-refractivity contribution < 1.29 is 14.3 Å². The molecule has 0 radical (unpaired) electrons. The van der Waals surface area contributed by atoms with Gasteiger partial charge in [-0.1, -0.05) is 6.92 Å². The van der Waals surface area contributed by atoms with Crippen LogP contribution in [0.4, 0.5) is 4.79 Å². The fourth-order valence-corrected chi connectivity index (χ4v) is 1.28. The molecular formula is C9H15NO3. The van der Waals surface area contributed by atoms with Crippen LogP contribution >= 0.6 is 0 Å². The molecular weight excluding hydrogens is 170 g/mol. The first-order chi connectivity index (χ1) is 6.09. The van der Waals surface area contributed by atoms with E-state index in [0.717, 1.165) is 0 Å². The minimum absolute atomic E-state index is 0.103. The number of hydrogen-bond acceptors (Lipinski definition) is 3. The van der Waals surface area contributed by atoms with Gasteiger partial charge in [0.25, 0.3) is 0 Å². The molecule has 1 amide bonds. The number of ether oxygens (including phenoxy) is 1. The SMILES string of the molecule is CC(=O)CCN1CC(C)COC1=O. The Labute approximate surface area is 77.8 Å². The van der Waals surface area contributed by atoms with Crippen LogP contribution in [-0.4, -0.2) is 36.5 Å². The van der Waals surface area contributed by atoms with Gasteiger partial charge in [0.2, 0.25) is 0 Å². The molecule has 1 fully saturated rings. The molecule has 0 bridgehead atoms. The summed E-state index contributed by atoms with van der Waals surface area (Å²) < 4.78 is 4.91. The van der Waals surface area contributed by atoms with Crippen molar-refractivity contribution in [3.8, 4) is 0 Å². The zero-order chi connectivity index (χ0) is 9.84. The Bertz CT molecular complexity index is 215. The van der Waals surface area contributed by atoms with Crippen LogP contribution in [0, 0.1) is 5.92 Å². The summed E-state index contributed by atoms with van der Waals surface area (Å²) in [6.45, 7) is 5.23. The second-order valence-electron chi connectivity index (χ2n) is 3.58. The second kappa shape index (κ2) is 4.25. The maximum Gasteiger partial charge on any atom is 0.409 e. The van der Waals surface area contributed by atoms with E-state index in [1.807, 2.05) is 6.92 Å². The fourth-order valence-electron chi connectivity index (χ4n) is 1.28. The molecule has 1 rings (SSSR count). The van der Waals surface area contributed by atoms with E-state index in [4.69, 9.17) is 4.74 Å². The lowest BCUT2D eigenvalue weighted by Gasteiger charge is -2.30. The molecule has 0 aliphatic carbocycles. The second-order valence-corrected chi connectivity index (χ2v) is 3.58. The number of nitrogens with zero attached hydrogens (tertiary/aromatic N) is 1. The number of carbonyl (C=O) groups excluding carboxylic acids is 2. The third kappa shape index (κ3) is 3.05. The molecule has 1 atom stereocenters. The minimum atomic E-state index is -0.292. The monoisotopic (exact) mass is 185 g/mol. The fraction of sp³-hybridized carbons (Fsp3) is 0.778. The molecule has 1 heterocycles. The molecule has 0 spiro atoms. The van der Waals surface area contributed by atoms with Gasteiger partial charge in [-0.25, -0.2) is 4.79 Å². The first kappa shape index (κ1) is 10.0. The normalized spacial score (nSPS) is 22.8. The molecule has 0 aromatic rings.